The second-order valence-electron chi connectivity index (χ2n) is 5.06. The van der Waals surface area contributed by atoms with E-state index in [4.69, 9.17) is 0 Å². The van der Waals surface area contributed by atoms with Crippen molar-refractivity contribution < 1.29 is 4.79 Å². The molecule has 0 spiro atoms. The minimum atomic E-state index is 0.0122. The molecule has 0 saturated carbocycles. The SMILES string of the molecule is Cc1ccc(C)c([C@H](C)NC(=O)CCn2cncn2)c1. The van der Waals surface area contributed by atoms with Crippen LogP contribution in [-0.4, -0.2) is 20.7 Å². The lowest BCUT2D eigenvalue weighted by atomic mass is 10.00. The van der Waals surface area contributed by atoms with Crippen molar-refractivity contribution in [1.29, 1.82) is 0 Å². The molecule has 1 aromatic carbocycles. The van der Waals surface area contributed by atoms with Crippen LogP contribution in [0.25, 0.3) is 0 Å². The van der Waals surface area contributed by atoms with Crippen LogP contribution in [0, 0.1) is 13.8 Å². The molecule has 1 heterocycles. The number of amides is 1. The van der Waals surface area contributed by atoms with Gasteiger partial charge in [0.25, 0.3) is 0 Å². The fourth-order valence-corrected chi connectivity index (χ4v) is 2.18. The Morgan fingerprint density at radius 2 is 2.20 bits per heavy atom. The molecule has 2 rings (SSSR count). The summed E-state index contributed by atoms with van der Waals surface area (Å²) < 4.78 is 1.65. The summed E-state index contributed by atoms with van der Waals surface area (Å²) in [6.45, 7) is 6.68. The summed E-state index contributed by atoms with van der Waals surface area (Å²) in [5.74, 6) is 0.0221. The molecule has 1 N–H and O–H groups in total. The van der Waals surface area contributed by atoms with Gasteiger partial charge in [0.2, 0.25) is 5.91 Å². The predicted octanol–water partition coefficient (Wildman–Crippen LogP) is 2.16. The number of hydrogen-bond acceptors (Lipinski definition) is 3. The summed E-state index contributed by atoms with van der Waals surface area (Å²) in [7, 11) is 0. The van der Waals surface area contributed by atoms with Gasteiger partial charge in [-0.1, -0.05) is 23.8 Å². The summed E-state index contributed by atoms with van der Waals surface area (Å²) in [6.07, 6.45) is 3.48. The van der Waals surface area contributed by atoms with E-state index in [9.17, 15) is 4.79 Å². The van der Waals surface area contributed by atoms with Crippen molar-refractivity contribution in [3.8, 4) is 0 Å². The second kappa shape index (κ2) is 6.32. The van der Waals surface area contributed by atoms with Gasteiger partial charge in [0.05, 0.1) is 12.6 Å². The third-order valence-electron chi connectivity index (χ3n) is 3.31. The molecule has 0 aliphatic carbocycles. The third kappa shape index (κ3) is 3.66. The first-order valence-corrected chi connectivity index (χ1v) is 6.75. The van der Waals surface area contributed by atoms with Crippen LogP contribution in [-0.2, 0) is 11.3 Å². The van der Waals surface area contributed by atoms with E-state index in [1.165, 1.54) is 23.0 Å². The van der Waals surface area contributed by atoms with Gasteiger partial charge >= 0.3 is 0 Å². The minimum Gasteiger partial charge on any atom is -0.350 e. The first kappa shape index (κ1) is 14.2. The van der Waals surface area contributed by atoms with E-state index in [0.29, 0.717) is 13.0 Å². The van der Waals surface area contributed by atoms with Crippen LogP contribution in [0.1, 0.15) is 36.1 Å². The maximum Gasteiger partial charge on any atom is 0.222 e. The molecular formula is C15H20N4O. The van der Waals surface area contributed by atoms with Crippen molar-refractivity contribution in [3.63, 3.8) is 0 Å². The number of nitrogens with zero attached hydrogens (tertiary/aromatic N) is 3. The molecule has 2 aromatic rings. The maximum absolute atomic E-state index is 11.9. The molecule has 106 valence electrons. The van der Waals surface area contributed by atoms with E-state index in [0.717, 1.165) is 0 Å². The lowest BCUT2D eigenvalue weighted by Crippen LogP contribution is -2.28. The van der Waals surface area contributed by atoms with Gasteiger partial charge in [0.15, 0.2) is 0 Å². The molecule has 0 fully saturated rings. The molecule has 5 nitrogen and oxygen atoms in total. The highest BCUT2D eigenvalue weighted by molar-refractivity contribution is 5.76. The fraction of sp³-hybridized carbons (Fsp3) is 0.400. The average molecular weight is 272 g/mol. The number of nitrogens with one attached hydrogen (secondary N) is 1. The Balaban J connectivity index is 1.91. The third-order valence-corrected chi connectivity index (χ3v) is 3.31. The summed E-state index contributed by atoms with van der Waals surface area (Å²) in [5, 5.41) is 7.00. The largest absolute Gasteiger partial charge is 0.350 e. The standard InChI is InChI=1S/C15H20N4O/c1-11-4-5-12(2)14(8-11)13(3)18-15(20)6-7-19-10-16-9-17-19/h4-5,8-10,13H,6-7H2,1-3H3,(H,18,20)/t13-/m0/s1. The summed E-state index contributed by atoms with van der Waals surface area (Å²) >= 11 is 0. The zero-order valence-electron chi connectivity index (χ0n) is 12.1. The van der Waals surface area contributed by atoms with E-state index in [2.05, 4.69) is 47.4 Å². The first-order valence-electron chi connectivity index (χ1n) is 6.75. The first-order chi connectivity index (χ1) is 9.56. The monoisotopic (exact) mass is 272 g/mol. The zero-order valence-corrected chi connectivity index (χ0v) is 12.1. The molecule has 0 aliphatic rings. The van der Waals surface area contributed by atoms with Gasteiger partial charge in [-0.25, -0.2) is 4.98 Å². The van der Waals surface area contributed by atoms with E-state index in [1.807, 2.05) is 6.92 Å². The predicted molar refractivity (Wildman–Crippen MR) is 77.1 cm³/mol. The number of aromatic nitrogens is 3. The fourth-order valence-electron chi connectivity index (χ4n) is 2.18. The van der Waals surface area contributed by atoms with E-state index in [1.54, 1.807) is 11.0 Å². The van der Waals surface area contributed by atoms with Crippen LogP contribution in [0.4, 0.5) is 0 Å². The molecule has 0 aliphatic heterocycles. The minimum absolute atomic E-state index is 0.0122. The highest BCUT2D eigenvalue weighted by atomic mass is 16.1. The van der Waals surface area contributed by atoms with Crippen molar-refractivity contribution in [2.24, 2.45) is 0 Å². The highest BCUT2D eigenvalue weighted by Gasteiger charge is 2.12. The van der Waals surface area contributed by atoms with E-state index >= 15 is 0 Å². The van der Waals surface area contributed by atoms with Crippen LogP contribution in [0.2, 0.25) is 0 Å². The van der Waals surface area contributed by atoms with Crippen LogP contribution >= 0.6 is 0 Å². The van der Waals surface area contributed by atoms with Gasteiger partial charge < -0.3 is 5.32 Å². The normalized spacial score (nSPS) is 12.2. The smallest absolute Gasteiger partial charge is 0.222 e. The van der Waals surface area contributed by atoms with Crippen molar-refractivity contribution in [2.45, 2.75) is 39.8 Å². The van der Waals surface area contributed by atoms with Crippen molar-refractivity contribution in [2.75, 3.05) is 0 Å². The zero-order chi connectivity index (χ0) is 14.5. The maximum atomic E-state index is 11.9. The number of aryl methyl sites for hydroxylation is 3. The number of rotatable bonds is 5. The van der Waals surface area contributed by atoms with Crippen LogP contribution in [0.15, 0.2) is 30.9 Å². The van der Waals surface area contributed by atoms with Gasteiger partial charge in [-0.3, -0.25) is 9.48 Å². The van der Waals surface area contributed by atoms with E-state index < -0.39 is 0 Å². The molecule has 0 radical (unpaired) electrons. The second-order valence-corrected chi connectivity index (χ2v) is 5.06. The van der Waals surface area contributed by atoms with Gasteiger partial charge in [0, 0.05) is 6.42 Å². The molecule has 0 saturated heterocycles. The Morgan fingerprint density at radius 3 is 2.90 bits per heavy atom. The molecule has 1 amide bonds. The molecule has 20 heavy (non-hydrogen) atoms. The Bertz CT molecular complexity index is 578. The van der Waals surface area contributed by atoms with Crippen molar-refractivity contribution >= 4 is 5.91 Å². The number of benzene rings is 1. The quantitative estimate of drug-likeness (QED) is 0.907. The van der Waals surface area contributed by atoms with Gasteiger partial charge in [-0.2, -0.15) is 5.10 Å². The highest BCUT2D eigenvalue weighted by Crippen LogP contribution is 2.18. The molecule has 0 unspecified atom stereocenters. The van der Waals surface area contributed by atoms with Crippen molar-refractivity contribution in [3.05, 3.63) is 47.5 Å². The summed E-state index contributed by atoms with van der Waals surface area (Å²) in [5.41, 5.74) is 3.56. The number of carbonyl (C=O) groups is 1. The molecule has 1 aromatic heterocycles. The Kier molecular flexibility index (Phi) is 4.50. The van der Waals surface area contributed by atoms with Gasteiger partial charge in [0.1, 0.15) is 12.7 Å². The summed E-state index contributed by atoms with van der Waals surface area (Å²) in [4.78, 5) is 15.8. The topological polar surface area (TPSA) is 59.8 Å². The number of carbonyl (C=O) groups excluding carboxylic acids is 1. The Labute approximate surface area is 119 Å². The Morgan fingerprint density at radius 1 is 1.40 bits per heavy atom. The lowest BCUT2D eigenvalue weighted by molar-refractivity contribution is -0.122. The lowest BCUT2D eigenvalue weighted by Gasteiger charge is -2.17. The molecular weight excluding hydrogens is 252 g/mol. The van der Waals surface area contributed by atoms with Crippen LogP contribution in [0.5, 0.6) is 0 Å². The summed E-state index contributed by atoms with van der Waals surface area (Å²) in [6, 6.07) is 6.30. The van der Waals surface area contributed by atoms with Crippen LogP contribution < -0.4 is 5.32 Å². The van der Waals surface area contributed by atoms with Gasteiger partial charge in [-0.15, -0.1) is 0 Å². The van der Waals surface area contributed by atoms with Gasteiger partial charge in [-0.05, 0) is 31.9 Å². The number of hydrogen-bond donors (Lipinski definition) is 1. The van der Waals surface area contributed by atoms with Crippen LogP contribution in [0.3, 0.4) is 0 Å². The Hall–Kier alpha value is -2.17. The molecule has 0 bridgehead atoms. The van der Waals surface area contributed by atoms with Crippen molar-refractivity contribution in [1.82, 2.24) is 20.1 Å². The molecule has 5 heteroatoms. The van der Waals surface area contributed by atoms with E-state index in [-0.39, 0.29) is 11.9 Å². The molecule has 1 atom stereocenters. The average Bonchev–Trinajstić information content (AvgIpc) is 2.92.